The van der Waals surface area contributed by atoms with E-state index in [1.54, 1.807) is 0 Å². The van der Waals surface area contributed by atoms with Gasteiger partial charge in [0, 0.05) is 39.3 Å². The van der Waals surface area contributed by atoms with Crippen molar-refractivity contribution in [3.8, 4) is 0 Å². The molecule has 0 aliphatic heterocycles. The molecule has 46 heavy (non-hydrogen) atoms. The molecule has 4 aromatic rings. The largest absolute Gasteiger partial charge is 3.00 e. The fourth-order valence-corrected chi connectivity index (χ4v) is 9.21. The van der Waals surface area contributed by atoms with Gasteiger partial charge >= 0.3 is 18.6 Å². The van der Waals surface area contributed by atoms with E-state index < -0.39 is 57.3 Å². The van der Waals surface area contributed by atoms with Gasteiger partial charge in [-0.1, -0.05) is 72.8 Å². The minimum absolute atomic E-state index is 0. The van der Waals surface area contributed by atoms with Crippen LogP contribution < -0.4 is 41.6 Å². The predicted octanol–water partition coefficient (Wildman–Crippen LogP) is -3.11. The van der Waals surface area contributed by atoms with Crippen LogP contribution in [0, 0.1) is 0 Å². The summed E-state index contributed by atoms with van der Waals surface area (Å²) in [4.78, 5) is 43.4. The molecule has 0 spiro atoms. The molecule has 0 unspecified atom stereocenters. The summed E-state index contributed by atoms with van der Waals surface area (Å²) in [6, 6.07) is 43.8. The molecule has 0 heterocycles. The van der Waals surface area contributed by atoms with Gasteiger partial charge in [0.25, 0.3) is 0 Å². The maximum absolute atomic E-state index is 10.4. The maximum atomic E-state index is 10.4. The van der Waals surface area contributed by atoms with E-state index in [1.807, 2.05) is 0 Å². The number of carbonyl (C=O) groups is 4. The maximum Gasteiger partial charge on any atom is 3.00 e. The first-order chi connectivity index (χ1) is 21.6. The zero-order valence-electron chi connectivity index (χ0n) is 24.8. The number of benzene rings is 4. The number of carbonyl (C=O) groups excluding carboxylic acids is 4. The fraction of sp³-hybridized carbons (Fsp3) is 0.176. The Labute approximate surface area is 280 Å². The van der Waals surface area contributed by atoms with Crippen LogP contribution in [0.15, 0.2) is 121 Å². The molecule has 0 bridgehead atoms. The molecule has 0 aromatic heterocycles. The van der Waals surface area contributed by atoms with Crippen molar-refractivity contribution >= 4 is 52.4 Å². The third kappa shape index (κ3) is 11.2. The third-order valence-corrected chi connectivity index (χ3v) is 11.0. The molecule has 0 fully saturated rings. The Hall–Kier alpha value is -4.31. The van der Waals surface area contributed by atoms with Crippen molar-refractivity contribution in [3.63, 3.8) is 0 Å². The van der Waals surface area contributed by atoms with Crippen molar-refractivity contribution in [2.45, 2.75) is 0 Å². The van der Waals surface area contributed by atoms with Crippen molar-refractivity contribution < 1.29 is 58.2 Å². The second-order valence-electron chi connectivity index (χ2n) is 9.92. The molecule has 0 saturated carbocycles. The predicted molar refractivity (Wildman–Crippen MR) is 164 cm³/mol. The van der Waals surface area contributed by atoms with Gasteiger partial charge in [-0.05, 0) is 48.5 Å². The van der Waals surface area contributed by atoms with Gasteiger partial charge in [-0.2, -0.15) is 0 Å². The van der Waals surface area contributed by atoms with Crippen molar-refractivity contribution in [1.82, 2.24) is 9.80 Å². The minimum Gasteiger partial charge on any atom is -0.549 e. The van der Waals surface area contributed by atoms with Crippen LogP contribution in [-0.4, -0.2) is 72.9 Å². The molecule has 10 nitrogen and oxygen atoms in total. The first-order valence-electron chi connectivity index (χ1n) is 14.0. The molecule has 0 aliphatic rings. The van der Waals surface area contributed by atoms with Gasteiger partial charge in [-0.15, -0.1) is 0 Å². The van der Waals surface area contributed by atoms with Gasteiger partial charge in [0.2, 0.25) is 0 Å². The summed E-state index contributed by atoms with van der Waals surface area (Å²) in [5.74, 6) is -6.12. The molecule has 0 saturated heterocycles. The average Bonchev–Trinajstić information content (AvgIpc) is 3.02. The van der Waals surface area contributed by atoms with E-state index in [-0.39, 0.29) is 31.6 Å². The van der Waals surface area contributed by atoms with Crippen LogP contribution in [0.5, 0.6) is 0 Å². The SMILES string of the molecule is O=C([O-])CN(CCN(CC(=O)[O-])CC(=O)[O-])CC(=O)[O-].[V+3].c1ccc([P+](c2ccccc2)(c2ccccc2)c2ccccc2)cc1. The van der Waals surface area contributed by atoms with Gasteiger partial charge in [-0.25, -0.2) is 0 Å². The molecule has 4 aromatic carbocycles. The van der Waals surface area contributed by atoms with Gasteiger partial charge in [0.05, 0.1) is 23.9 Å². The Morgan fingerprint density at radius 2 is 0.609 bits per heavy atom. The van der Waals surface area contributed by atoms with Crippen LogP contribution in [0.4, 0.5) is 0 Å². The normalized spacial score (nSPS) is 10.7. The van der Waals surface area contributed by atoms with E-state index in [9.17, 15) is 39.6 Å². The number of carboxylic acid groups (broad SMARTS) is 4. The van der Waals surface area contributed by atoms with Crippen LogP contribution in [-0.2, 0) is 37.7 Å². The molecule has 0 radical (unpaired) electrons. The van der Waals surface area contributed by atoms with E-state index in [4.69, 9.17) is 0 Å². The van der Waals surface area contributed by atoms with Crippen molar-refractivity contribution in [2.24, 2.45) is 0 Å². The summed E-state index contributed by atoms with van der Waals surface area (Å²) in [7, 11) is -1.91. The Morgan fingerprint density at radius 3 is 0.783 bits per heavy atom. The van der Waals surface area contributed by atoms with Crippen molar-refractivity contribution in [1.29, 1.82) is 0 Å². The molecule has 4 rings (SSSR count). The molecule has 0 atom stereocenters. The number of hydrogen-bond acceptors (Lipinski definition) is 10. The standard InChI is InChI=1S/C24H20P.C10H16N2O8.V/c1-5-13-21(14-6-1)25(22-15-7-2-8-16-22,23-17-9-3-10-18-23)24-19-11-4-12-20-24;13-7(14)3-11(4-8(15)16)1-2-12(5-9(17)18)6-10(19)20;/h1-20H;1-6H2,(H,13,14)(H,15,16)(H,17,18)(H,19,20);/q+1;;+3/p-4. The first kappa shape index (κ1) is 37.9. The van der Waals surface area contributed by atoms with Crippen LogP contribution in [0.2, 0.25) is 0 Å². The quantitative estimate of drug-likeness (QED) is 0.118. The number of nitrogens with zero attached hydrogens (tertiary/aromatic N) is 2. The van der Waals surface area contributed by atoms with Gasteiger partial charge in [0.15, 0.2) is 0 Å². The number of aliphatic carboxylic acids is 4. The monoisotopic (exact) mass is 678 g/mol. The van der Waals surface area contributed by atoms with E-state index in [1.165, 1.54) is 21.2 Å². The Balaban J connectivity index is 0.000000323. The van der Waals surface area contributed by atoms with E-state index >= 15 is 0 Å². The average molecular weight is 679 g/mol. The Bertz CT molecular complexity index is 1300. The molecular formula is C34H32N2O8PV. The number of carboxylic acids is 4. The van der Waals surface area contributed by atoms with Crippen LogP contribution in [0.1, 0.15) is 0 Å². The molecule has 12 heteroatoms. The molecule has 0 N–H and O–H groups in total. The van der Waals surface area contributed by atoms with E-state index in [0.29, 0.717) is 0 Å². The topological polar surface area (TPSA) is 167 Å². The van der Waals surface area contributed by atoms with Crippen LogP contribution in [0.25, 0.3) is 0 Å². The number of rotatable bonds is 15. The summed E-state index contributed by atoms with van der Waals surface area (Å²) in [5, 5.41) is 47.2. The summed E-state index contributed by atoms with van der Waals surface area (Å²) in [6.45, 7) is -3.25. The summed E-state index contributed by atoms with van der Waals surface area (Å²) >= 11 is 0. The van der Waals surface area contributed by atoms with E-state index in [2.05, 4.69) is 121 Å². The van der Waals surface area contributed by atoms with Crippen LogP contribution >= 0.6 is 7.26 Å². The zero-order chi connectivity index (χ0) is 32.7. The van der Waals surface area contributed by atoms with Crippen molar-refractivity contribution in [2.75, 3.05) is 39.3 Å². The first-order valence-corrected chi connectivity index (χ1v) is 15.8. The van der Waals surface area contributed by atoms with Crippen LogP contribution in [0.3, 0.4) is 0 Å². The van der Waals surface area contributed by atoms with E-state index in [0.717, 1.165) is 9.80 Å². The smallest absolute Gasteiger partial charge is 0.549 e. The van der Waals surface area contributed by atoms with Gasteiger partial charge in [0.1, 0.15) is 28.5 Å². The summed E-state index contributed by atoms with van der Waals surface area (Å²) < 4.78 is 0. The zero-order valence-corrected chi connectivity index (χ0v) is 27.1. The molecule has 236 valence electrons. The van der Waals surface area contributed by atoms with Gasteiger partial charge < -0.3 is 39.6 Å². The number of hydrogen-bond donors (Lipinski definition) is 0. The van der Waals surface area contributed by atoms with Crippen molar-refractivity contribution in [3.05, 3.63) is 121 Å². The molecule has 0 amide bonds. The minimum atomic E-state index is -1.91. The van der Waals surface area contributed by atoms with Gasteiger partial charge in [-0.3, -0.25) is 9.80 Å². The second kappa shape index (κ2) is 19.3. The third-order valence-electron chi connectivity index (χ3n) is 6.72. The summed E-state index contributed by atoms with van der Waals surface area (Å²) in [5.41, 5.74) is 0. The summed E-state index contributed by atoms with van der Waals surface area (Å²) in [6.07, 6.45) is 0. The molecule has 0 aliphatic carbocycles. The molecular weight excluding hydrogens is 646 g/mol. The Kier molecular flexibility index (Phi) is 15.9. The Morgan fingerprint density at radius 1 is 0.413 bits per heavy atom. The fourth-order valence-electron chi connectivity index (χ4n) is 4.94. The second-order valence-corrected chi connectivity index (χ2v) is 13.3.